The number of furan rings is 1. The molecule has 1 aliphatic rings. The molecule has 0 saturated heterocycles. The molecule has 6 nitrogen and oxygen atoms in total. The van der Waals surface area contributed by atoms with Crippen molar-refractivity contribution < 1.29 is 18.7 Å². The second kappa shape index (κ2) is 10.2. The number of carbonyl (C=O) groups excluding carboxylic acids is 2. The lowest BCUT2D eigenvalue weighted by Gasteiger charge is -2.32. The molecule has 2 amide bonds. The topological polar surface area (TPSA) is 71.8 Å². The van der Waals surface area contributed by atoms with E-state index >= 15 is 0 Å². The van der Waals surface area contributed by atoms with Gasteiger partial charge in [-0.05, 0) is 49.6 Å². The second-order valence-electron chi connectivity index (χ2n) is 7.86. The van der Waals surface area contributed by atoms with E-state index in [-0.39, 0.29) is 17.7 Å². The number of para-hydroxylation sites is 2. The molecule has 1 fully saturated rings. The zero-order chi connectivity index (χ0) is 22.3. The van der Waals surface area contributed by atoms with Gasteiger partial charge in [0, 0.05) is 6.04 Å². The Hall–Kier alpha value is -3.54. The third kappa shape index (κ3) is 4.69. The fourth-order valence-corrected chi connectivity index (χ4v) is 4.22. The maximum Gasteiger partial charge on any atom is 0.295 e. The van der Waals surface area contributed by atoms with Crippen molar-refractivity contribution in [2.75, 3.05) is 11.5 Å². The second-order valence-corrected chi connectivity index (χ2v) is 7.86. The Kier molecular flexibility index (Phi) is 6.90. The molecular formula is C26H28N2O4. The van der Waals surface area contributed by atoms with E-state index in [9.17, 15) is 9.59 Å². The van der Waals surface area contributed by atoms with Crippen molar-refractivity contribution in [1.82, 2.24) is 5.32 Å². The van der Waals surface area contributed by atoms with E-state index in [2.05, 4.69) is 5.32 Å². The number of anilines is 1. The van der Waals surface area contributed by atoms with Gasteiger partial charge in [0.2, 0.25) is 5.91 Å². The Bertz CT molecular complexity index is 1030. The molecule has 1 aromatic heterocycles. The van der Waals surface area contributed by atoms with Gasteiger partial charge in [-0.15, -0.1) is 0 Å². The van der Waals surface area contributed by atoms with Crippen LogP contribution in [0, 0.1) is 0 Å². The van der Waals surface area contributed by atoms with Crippen LogP contribution in [0.2, 0.25) is 0 Å². The van der Waals surface area contributed by atoms with Crippen molar-refractivity contribution in [2.45, 2.75) is 44.7 Å². The van der Waals surface area contributed by atoms with E-state index in [0.717, 1.165) is 25.7 Å². The van der Waals surface area contributed by atoms with E-state index in [1.54, 1.807) is 24.3 Å². The summed E-state index contributed by atoms with van der Waals surface area (Å²) < 4.78 is 11.3. The zero-order valence-corrected chi connectivity index (χ0v) is 18.2. The van der Waals surface area contributed by atoms with Crippen LogP contribution in [-0.2, 0) is 4.79 Å². The third-order valence-electron chi connectivity index (χ3n) is 5.70. The first kappa shape index (κ1) is 21.7. The average molecular weight is 433 g/mol. The van der Waals surface area contributed by atoms with Gasteiger partial charge in [-0.2, -0.15) is 0 Å². The fraction of sp³-hybridized carbons (Fsp3) is 0.308. The summed E-state index contributed by atoms with van der Waals surface area (Å²) in [7, 11) is 0. The van der Waals surface area contributed by atoms with Crippen LogP contribution < -0.4 is 15.0 Å². The van der Waals surface area contributed by atoms with Crippen LogP contribution in [0.3, 0.4) is 0 Å². The van der Waals surface area contributed by atoms with Gasteiger partial charge in [0.05, 0.1) is 18.6 Å². The Morgan fingerprint density at radius 1 is 1.03 bits per heavy atom. The van der Waals surface area contributed by atoms with Crippen molar-refractivity contribution in [1.29, 1.82) is 0 Å². The van der Waals surface area contributed by atoms with E-state index < -0.39 is 11.9 Å². The van der Waals surface area contributed by atoms with Crippen molar-refractivity contribution in [3.63, 3.8) is 0 Å². The molecule has 1 N–H and O–H groups in total. The Morgan fingerprint density at radius 3 is 2.44 bits per heavy atom. The van der Waals surface area contributed by atoms with Crippen LogP contribution >= 0.6 is 0 Å². The highest BCUT2D eigenvalue weighted by atomic mass is 16.5. The molecular weight excluding hydrogens is 404 g/mol. The first-order valence-electron chi connectivity index (χ1n) is 11.1. The number of amides is 2. The first-order valence-corrected chi connectivity index (χ1v) is 11.1. The van der Waals surface area contributed by atoms with Gasteiger partial charge in [0.15, 0.2) is 5.76 Å². The number of ether oxygens (including phenoxy) is 1. The lowest BCUT2D eigenvalue weighted by Crippen LogP contribution is -2.46. The van der Waals surface area contributed by atoms with Crippen LogP contribution in [0.4, 0.5) is 5.69 Å². The van der Waals surface area contributed by atoms with Gasteiger partial charge in [-0.25, -0.2) is 0 Å². The predicted octanol–water partition coefficient (Wildman–Crippen LogP) is 5.13. The van der Waals surface area contributed by atoms with Gasteiger partial charge in [0.25, 0.3) is 5.91 Å². The quantitative estimate of drug-likeness (QED) is 0.536. The molecule has 1 atom stereocenters. The van der Waals surface area contributed by atoms with E-state index in [4.69, 9.17) is 9.15 Å². The standard InChI is InChI=1S/C26H28N2O4/c1-2-31-22-16-9-8-15-21(22)28(26(30)23-17-10-18-32-23)24(19-11-4-3-5-12-19)25(29)27-20-13-6-7-14-20/h3-5,8-12,15-18,20,24H,2,6-7,13-14H2,1H3,(H,27,29)/t24-/m1/s1. The summed E-state index contributed by atoms with van der Waals surface area (Å²) in [6, 6.07) is 19.2. The molecule has 2 aromatic carbocycles. The van der Waals surface area contributed by atoms with Crippen LogP contribution in [0.15, 0.2) is 77.4 Å². The number of carbonyl (C=O) groups is 2. The molecule has 0 bridgehead atoms. The summed E-state index contributed by atoms with van der Waals surface area (Å²) >= 11 is 0. The van der Waals surface area contributed by atoms with Gasteiger partial charge < -0.3 is 14.5 Å². The Labute approximate surface area is 188 Å². The van der Waals surface area contributed by atoms with Crippen LogP contribution in [0.5, 0.6) is 5.75 Å². The van der Waals surface area contributed by atoms with Gasteiger partial charge in [-0.1, -0.05) is 55.3 Å². The van der Waals surface area contributed by atoms with E-state index in [1.165, 1.54) is 11.2 Å². The minimum atomic E-state index is -0.879. The normalized spacial score (nSPS) is 14.7. The fourth-order valence-electron chi connectivity index (χ4n) is 4.22. The summed E-state index contributed by atoms with van der Waals surface area (Å²) in [5, 5.41) is 3.18. The minimum Gasteiger partial charge on any atom is -0.492 e. The molecule has 0 aliphatic heterocycles. The largest absolute Gasteiger partial charge is 0.492 e. The maximum absolute atomic E-state index is 13.7. The highest BCUT2D eigenvalue weighted by Gasteiger charge is 2.37. The molecule has 1 aliphatic carbocycles. The van der Waals surface area contributed by atoms with Crippen LogP contribution in [0.1, 0.15) is 54.8 Å². The van der Waals surface area contributed by atoms with E-state index in [1.807, 2.05) is 49.4 Å². The van der Waals surface area contributed by atoms with Crippen molar-refractivity contribution >= 4 is 17.5 Å². The molecule has 32 heavy (non-hydrogen) atoms. The predicted molar refractivity (Wildman–Crippen MR) is 123 cm³/mol. The lowest BCUT2D eigenvalue weighted by atomic mass is 10.0. The van der Waals surface area contributed by atoms with Gasteiger partial charge in [-0.3, -0.25) is 14.5 Å². The number of hydrogen-bond donors (Lipinski definition) is 1. The smallest absolute Gasteiger partial charge is 0.295 e. The van der Waals surface area contributed by atoms with Crippen LogP contribution in [-0.4, -0.2) is 24.5 Å². The van der Waals surface area contributed by atoms with Crippen LogP contribution in [0.25, 0.3) is 0 Å². The van der Waals surface area contributed by atoms with Crippen molar-refractivity contribution in [3.8, 4) is 5.75 Å². The molecule has 0 spiro atoms. The SMILES string of the molecule is CCOc1ccccc1N(C(=O)c1ccco1)[C@@H](C(=O)NC1CCCC1)c1ccccc1. The Balaban J connectivity index is 1.82. The maximum atomic E-state index is 13.7. The molecule has 3 aromatic rings. The number of hydrogen-bond acceptors (Lipinski definition) is 4. The number of nitrogens with zero attached hydrogens (tertiary/aromatic N) is 1. The van der Waals surface area contributed by atoms with Gasteiger partial charge >= 0.3 is 0 Å². The molecule has 4 rings (SSSR count). The number of rotatable bonds is 8. The van der Waals surface area contributed by atoms with Crippen molar-refractivity contribution in [3.05, 3.63) is 84.3 Å². The Morgan fingerprint density at radius 2 is 1.75 bits per heavy atom. The summed E-state index contributed by atoms with van der Waals surface area (Å²) in [5.74, 6) is 0.0716. The molecule has 6 heteroatoms. The zero-order valence-electron chi connectivity index (χ0n) is 18.2. The molecule has 1 heterocycles. The summed E-state index contributed by atoms with van der Waals surface area (Å²) in [4.78, 5) is 28.9. The van der Waals surface area contributed by atoms with Crippen molar-refractivity contribution in [2.24, 2.45) is 0 Å². The molecule has 0 unspecified atom stereocenters. The van der Waals surface area contributed by atoms with E-state index in [0.29, 0.717) is 23.6 Å². The van der Waals surface area contributed by atoms with Gasteiger partial charge in [0.1, 0.15) is 11.8 Å². The average Bonchev–Trinajstić information content (AvgIpc) is 3.53. The summed E-state index contributed by atoms with van der Waals surface area (Å²) in [6.07, 6.45) is 5.56. The lowest BCUT2D eigenvalue weighted by molar-refractivity contribution is -0.123. The molecule has 1 saturated carbocycles. The monoisotopic (exact) mass is 432 g/mol. The molecule has 0 radical (unpaired) electrons. The number of benzene rings is 2. The molecule has 166 valence electrons. The highest BCUT2D eigenvalue weighted by molar-refractivity contribution is 6.09. The first-order chi connectivity index (χ1) is 15.7. The third-order valence-corrected chi connectivity index (χ3v) is 5.70. The minimum absolute atomic E-state index is 0.122. The summed E-state index contributed by atoms with van der Waals surface area (Å²) in [5.41, 5.74) is 1.24. The summed E-state index contributed by atoms with van der Waals surface area (Å²) in [6.45, 7) is 2.32. The number of nitrogens with one attached hydrogen (secondary N) is 1. The highest BCUT2D eigenvalue weighted by Crippen LogP contribution is 2.36.